The molecule has 1 rings (SSSR count). The van der Waals surface area contributed by atoms with Gasteiger partial charge in [-0.25, -0.2) is 0 Å². The number of ketones is 1. The number of carbonyl (C=O) groups is 1. The second-order valence-electron chi connectivity index (χ2n) is 3.10. The molecule has 0 saturated carbocycles. The second-order valence-corrected chi connectivity index (χ2v) is 3.10. The number of hydrogen-bond acceptors (Lipinski definition) is 9. The van der Waals surface area contributed by atoms with Crippen molar-refractivity contribution in [3.05, 3.63) is 11.6 Å². The van der Waals surface area contributed by atoms with Crippen LogP contribution in [-0.2, 0) is 0 Å². The Labute approximate surface area is 95.5 Å². The van der Waals surface area contributed by atoms with Crippen LogP contribution in [0.5, 0.6) is 0 Å². The zero-order chi connectivity index (χ0) is 13.0. The molecule has 0 amide bonds. The molecule has 0 atom stereocenters. The van der Waals surface area contributed by atoms with E-state index in [1.807, 2.05) is 0 Å². The first-order valence-electron chi connectivity index (χ1n) is 4.43. The van der Waals surface area contributed by atoms with E-state index in [1.165, 1.54) is 13.0 Å². The molecule has 0 aliphatic rings. The Morgan fingerprint density at radius 3 is 1.82 bits per heavy atom. The van der Waals surface area contributed by atoms with Crippen molar-refractivity contribution >= 4 is 28.5 Å². The molecule has 0 bridgehead atoms. The maximum absolute atomic E-state index is 11.3. The number of rotatable bonds is 5. The number of nitrogens with one attached hydrogen (secondary N) is 4. The van der Waals surface area contributed by atoms with Crippen LogP contribution >= 0.6 is 0 Å². The predicted molar refractivity (Wildman–Crippen MR) is 58.1 cm³/mol. The summed E-state index contributed by atoms with van der Waals surface area (Å²) >= 11 is 0. The van der Waals surface area contributed by atoms with Gasteiger partial charge in [0.1, 0.15) is 11.4 Å². The van der Waals surface area contributed by atoms with Gasteiger partial charge in [0.15, 0.2) is 5.78 Å². The average Bonchev–Trinajstić information content (AvgIpc) is 2.35. The summed E-state index contributed by atoms with van der Waals surface area (Å²) in [5, 5.41) is 35.5. The number of hydrogen-bond donors (Lipinski definition) is 8. The number of carbonyl (C=O) groups excluding carboxylic acids is 1. The minimum absolute atomic E-state index is 0.0143. The monoisotopic (exact) mass is 244 g/mol. The van der Waals surface area contributed by atoms with E-state index in [0.717, 1.165) is 0 Å². The van der Waals surface area contributed by atoms with Crippen molar-refractivity contribution < 1.29 is 25.6 Å². The molecule has 0 radical (unpaired) electrons. The standard InChI is InChI=1S/C8H12N4O5/c1-3(13)4-2-5(9-14)7(11-16)8(12-17)6(4)10-15/h2,9-12,14-17H,1H3. The highest BCUT2D eigenvalue weighted by Gasteiger charge is 2.19. The van der Waals surface area contributed by atoms with Crippen molar-refractivity contribution in [1.82, 2.24) is 0 Å². The lowest BCUT2D eigenvalue weighted by atomic mass is 10.1. The van der Waals surface area contributed by atoms with E-state index in [-0.39, 0.29) is 28.3 Å². The van der Waals surface area contributed by atoms with E-state index >= 15 is 0 Å². The van der Waals surface area contributed by atoms with Crippen molar-refractivity contribution in [2.24, 2.45) is 0 Å². The topological polar surface area (TPSA) is 146 Å². The van der Waals surface area contributed by atoms with Crippen molar-refractivity contribution in [1.29, 1.82) is 0 Å². The minimum Gasteiger partial charge on any atom is -0.294 e. The molecule has 0 unspecified atom stereocenters. The van der Waals surface area contributed by atoms with E-state index in [1.54, 1.807) is 21.9 Å². The highest BCUT2D eigenvalue weighted by Crippen LogP contribution is 2.39. The molecule has 9 nitrogen and oxygen atoms in total. The van der Waals surface area contributed by atoms with Gasteiger partial charge < -0.3 is 0 Å². The third-order valence-electron chi connectivity index (χ3n) is 2.16. The van der Waals surface area contributed by atoms with Gasteiger partial charge >= 0.3 is 0 Å². The fourth-order valence-corrected chi connectivity index (χ4v) is 1.39. The fraction of sp³-hybridized carbons (Fsp3) is 0.125. The summed E-state index contributed by atoms with van der Waals surface area (Å²) in [6, 6.07) is 1.17. The lowest BCUT2D eigenvalue weighted by Crippen LogP contribution is -2.10. The summed E-state index contributed by atoms with van der Waals surface area (Å²) in [4.78, 5) is 11.3. The fourth-order valence-electron chi connectivity index (χ4n) is 1.39. The summed E-state index contributed by atoms with van der Waals surface area (Å²) in [5.74, 6) is -0.431. The van der Waals surface area contributed by atoms with Crippen LogP contribution in [0.25, 0.3) is 0 Å². The molecule has 17 heavy (non-hydrogen) atoms. The third-order valence-corrected chi connectivity index (χ3v) is 2.16. The molecule has 1 aromatic rings. The Hall–Kier alpha value is -2.07. The van der Waals surface area contributed by atoms with Crippen LogP contribution in [0.1, 0.15) is 17.3 Å². The molecular weight excluding hydrogens is 232 g/mol. The molecule has 0 saturated heterocycles. The highest BCUT2D eigenvalue weighted by atomic mass is 16.5. The van der Waals surface area contributed by atoms with Crippen molar-refractivity contribution in [2.75, 3.05) is 21.9 Å². The minimum atomic E-state index is -0.431. The second kappa shape index (κ2) is 5.32. The molecular formula is C8H12N4O5. The molecule has 0 heterocycles. The van der Waals surface area contributed by atoms with E-state index in [0.29, 0.717) is 0 Å². The Balaban J connectivity index is 3.60. The number of anilines is 4. The van der Waals surface area contributed by atoms with E-state index in [2.05, 4.69) is 0 Å². The molecule has 0 fully saturated rings. The maximum atomic E-state index is 11.3. The van der Waals surface area contributed by atoms with Crippen LogP contribution in [0.3, 0.4) is 0 Å². The molecule has 0 aliphatic heterocycles. The van der Waals surface area contributed by atoms with Crippen LogP contribution in [-0.4, -0.2) is 26.6 Å². The lowest BCUT2D eigenvalue weighted by Gasteiger charge is -2.17. The smallest absolute Gasteiger partial charge is 0.162 e. The van der Waals surface area contributed by atoms with Crippen LogP contribution in [0.4, 0.5) is 22.7 Å². The summed E-state index contributed by atoms with van der Waals surface area (Å²) in [7, 11) is 0. The Bertz CT molecular complexity index is 436. The number of benzene rings is 1. The average molecular weight is 244 g/mol. The van der Waals surface area contributed by atoms with Crippen LogP contribution < -0.4 is 21.9 Å². The maximum Gasteiger partial charge on any atom is 0.162 e. The highest BCUT2D eigenvalue weighted by molar-refractivity contribution is 6.07. The van der Waals surface area contributed by atoms with Crippen LogP contribution in [0.2, 0.25) is 0 Å². The summed E-state index contributed by atoms with van der Waals surface area (Å²) in [6.07, 6.45) is 0. The third kappa shape index (κ3) is 2.21. The van der Waals surface area contributed by atoms with Gasteiger partial charge in [0.25, 0.3) is 0 Å². The largest absolute Gasteiger partial charge is 0.294 e. The first-order chi connectivity index (χ1) is 8.10. The lowest BCUT2D eigenvalue weighted by molar-refractivity contribution is 0.101. The van der Waals surface area contributed by atoms with Crippen molar-refractivity contribution in [3.8, 4) is 0 Å². The van der Waals surface area contributed by atoms with E-state index < -0.39 is 5.78 Å². The first-order valence-corrected chi connectivity index (χ1v) is 4.43. The zero-order valence-corrected chi connectivity index (χ0v) is 8.77. The van der Waals surface area contributed by atoms with Gasteiger partial charge in [-0.05, 0) is 13.0 Å². The molecule has 94 valence electrons. The summed E-state index contributed by atoms with van der Waals surface area (Å²) in [5.41, 5.74) is 6.20. The Kier molecular flexibility index (Phi) is 4.06. The molecule has 0 spiro atoms. The first kappa shape index (κ1) is 13.0. The molecule has 0 aliphatic carbocycles. The van der Waals surface area contributed by atoms with Gasteiger partial charge in [0.05, 0.1) is 11.4 Å². The van der Waals surface area contributed by atoms with Gasteiger partial charge in [-0.1, -0.05) is 0 Å². The Morgan fingerprint density at radius 1 is 0.941 bits per heavy atom. The van der Waals surface area contributed by atoms with Crippen LogP contribution in [0, 0.1) is 0 Å². The summed E-state index contributed by atoms with van der Waals surface area (Å²) in [6.45, 7) is 1.23. The SMILES string of the molecule is CC(=O)c1cc(NO)c(NO)c(NO)c1NO. The van der Waals surface area contributed by atoms with E-state index in [9.17, 15) is 4.79 Å². The molecule has 0 aromatic heterocycles. The van der Waals surface area contributed by atoms with Gasteiger partial charge in [-0.2, -0.15) is 0 Å². The van der Waals surface area contributed by atoms with Gasteiger partial charge in [0.2, 0.25) is 0 Å². The van der Waals surface area contributed by atoms with E-state index in [4.69, 9.17) is 20.8 Å². The molecule has 8 N–H and O–H groups in total. The van der Waals surface area contributed by atoms with Gasteiger partial charge in [-0.3, -0.25) is 47.5 Å². The quantitative estimate of drug-likeness (QED) is 0.281. The molecule has 1 aromatic carbocycles. The van der Waals surface area contributed by atoms with Crippen LogP contribution in [0.15, 0.2) is 6.07 Å². The van der Waals surface area contributed by atoms with Gasteiger partial charge in [-0.15, -0.1) is 0 Å². The zero-order valence-electron chi connectivity index (χ0n) is 8.77. The normalized spacial score (nSPS) is 9.71. The summed E-state index contributed by atoms with van der Waals surface area (Å²) < 4.78 is 0. The van der Waals surface area contributed by atoms with Crippen molar-refractivity contribution in [2.45, 2.75) is 6.92 Å². The number of Topliss-reactive ketones (excluding diaryl/α,β-unsaturated/α-hetero) is 1. The Morgan fingerprint density at radius 2 is 1.47 bits per heavy atom. The predicted octanol–water partition coefficient (Wildman–Crippen LogP) is 1.09. The van der Waals surface area contributed by atoms with Crippen molar-refractivity contribution in [3.63, 3.8) is 0 Å². The molecule has 9 heteroatoms. The van der Waals surface area contributed by atoms with Gasteiger partial charge in [0, 0.05) is 5.56 Å².